The van der Waals surface area contributed by atoms with Crippen LogP contribution in [0.2, 0.25) is 0 Å². The van der Waals surface area contributed by atoms with Gasteiger partial charge in [-0.2, -0.15) is 13.2 Å². The van der Waals surface area contributed by atoms with E-state index in [1.807, 2.05) is 0 Å². The molecule has 0 bridgehead atoms. The van der Waals surface area contributed by atoms with Gasteiger partial charge < -0.3 is 4.74 Å². The molecule has 0 saturated carbocycles. The fourth-order valence-electron chi connectivity index (χ4n) is 2.69. The molecule has 1 aromatic carbocycles. The fourth-order valence-corrected chi connectivity index (χ4v) is 2.69. The molecule has 1 aromatic rings. The SMILES string of the molecule is NNC(CCOCC(F)(F)F)Cc1ccc2c(c1)CCC2. The molecule has 0 heterocycles. The number of benzene rings is 1. The van der Waals surface area contributed by atoms with Gasteiger partial charge in [-0.25, -0.2) is 0 Å². The van der Waals surface area contributed by atoms with E-state index in [2.05, 4.69) is 28.4 Å². The highest BCUT2D eigenvalue weighted by Crippen LogP contribution is 2.23. The summed E-state index contributed by atoms with van der Waals surface area (Å²) in [5.41, 5.74) is 6.61. The number of aryl methyl sites for hydroxylation is 2. The van der Waals surface area contributed by atoms with Crippen LogP contribution in [0.15, 0.2) is 18.2 Å². The van der Waals surface area contributed by atoms with Gasteiger partial charge >= 0.3 is 6.18 Å². The summed E-state index contributed by atoms with van der Waals surface area (Å²) in [5, 5.41) is 0. The van der Waals surface area contributed by atoms with Crippen LogP contribution in [-0.2, 0) is 24.0 Å². The van der Waals surface area contributed by atoms with E-state index >= 15 is 0 Å². The maximum absolute atomic E-state index is 12.0. The van der Waals surface area contributed by atoms with Crippen molar-refractivity contribution in [2.45, 2.75) is 44.3 Å². The van der Waals surface area contributed by atoms with Gasteiger partial charge in [0.2, 0.25) is 0 Å². The second-order valence-electron chi connectivity index (χ2n) is 5.48. The summed E-state index contributed by atoms with van der Waals surface area (Å²) in [7, 11) is 0. The second-order valence-corrected chi connectivity index (χ2v) is 5.48. The summed E-state index contributed by atoms with van der Waals surface area (Å²) in [5.74, 6) is 5.47. The molecule has 21 heavy (non-hydrogen) atoms. The summed E-state index contributed by atoms with van der Waals surface area (Å²) in [4.78, 5) is 0. The van der Waals surface area contributed by atoms with Crippen molar-refractivity contribution in [3.05, 3.63) is 34.9 Å². The van der Waals surface area contributed by atoms with E-state index in [4.69, 9.17) is 5.84 Å². The molecule has 0 aliphatic heterocycles. The van der Waals surface area contributed by atoms with E-state index in [1.54, 1.807) is 0 Å². The molecule has 6 heteroatoms. The Hall–Kier alpha value is -1.11. The highest BCUT2D eigenvalue weighted by molar-refractivity contribution is 5.35. The Morgan fingerprint density at radius 3 is 2.71 bits per heavy atom. The van der Waals surface area contributed by atoms with Crippen LogP contribution in [0.25, 0.3) is 0 Å². The molecule has 1 unspecified atom stereocenters. The third-order valence-corrected chi connectivity index (χ3v) is 3.76. The van der Waals surface area contributed by atoms with Crippen LogP contribution in [-0.4, -0.2) is 25.4 Å². The number of alkyl halides is 3. The van der Waals surface area contributed by atoms with Gasteiger partial charge in [-0.15, -0.1) is 0 Å². The van der Waals surface area contributed by atoms with Crippen LogP contribution in [0.1, 0.15) is 29.5 Å². The van der Waals surface area contributed by atoms with Crippen molar-refractivity contribution < 1.29 is 17.9 Å². The minimum Gasteiger partial charge on any atom is -0.372 e. The maximum atomic E-state index is 12.0. The topological polar surface area (TPSA) is 47.3 Å². The minimum absolute atomic E-state index is 0.0410. The van der Waals surface area contributed by atoms with Crippen LogP contribution in [0.3, 0.4) is 0 Å². The largest absolute Gasteiger partial charge is 0.411 e. The third kappa shape index (κ3) is 5.30. The Kier molecular flexibility index (Phi) is 5.61. The first-order chi connectivity index (χ1) is 9.98. The molecule has 1 aliphatic carbocycles. The predicted molar refractivity (Wildman–Crippen MR) is 74.8 cm³/mol. The molecule has 0 fully saturated rings. The average Bonchev–Trinajstić information content (AvgIpc) is 2.88. The number of hydrogen-bond donors (Lipinski definition) is 2. The molecule has 3 N–H and O–H groups in total. The van der Waals surface area contributed by atoms with Gasteiger partial charge in [0.05, 0.1) is 0 Å². The van der Waals surface area contributed by atoms with E-state index in [-0.39, 0.29) is 12.6 Å². The Morgan fingerprint density at radius 2 is 2.00 bits per heavy atom. The van der Waals surface area contributed by atoms with E-state index in [0.717, 1.165) is 18.4 Å². The standard InChI is InChI=1S/C15H21F3N2O/c16-15(17,18)10-21-7-6-14(20-19)9-11-4-5-12-2-1-3-13(12)8-11/h4-5,8,14,20H,1-3,6-7,9-10,19H2. The Bertz CT molecular complexity index is 463. The van der Waals surface area contributed by atoms with Gasteiger partial charge in [0.1, 0.15) is 6.61 Å². The van der Waals surface area contributed by atoms with Gasteiger partial charge in [-0.05, 0) is 48.8 Å². The predicted octanol–water partition coefficient (Wildman–Crippen LogP) is 2.52. The van der Waals surface area contributed by atoms with Crippen molar-refractivity contribution in [2.24, 2.45) is 5.84 Å². The molecule has 118 valence electrons. The normalized spacial score (nSPS) is 16.0. The van der Waals surface area contributed by atoms with Crippen LogP contribution in [0.4, 0.5) is 13.2 Å². The summed E-state index contributed by atoms with van der Waals surface area (Å²) in [6.45, 7) is -1.16. The lowest BCUT2D eigenvalue weighted by Gasteiger charge is -2.17. The smallest absolute Gasteiger partial charge is 0.372 e. The van der Waals surface area contributed by atoms with Crippen LogP contribution in [0, 0.1) is 0 Å². The average molecular weight is 302 g/mol. The van der Waals surface area contributed by atoms with E-state index in [9.17, 15) is 13.2 Å². The number of fused-ring (bicyclic) bond motifs is 1. The van der Waals surface area contributed by atoms with Crippen molar-refractivity contribution in [3.63, 3.8) is 0 Å². The van der Waals surface area contributed by atoms with Gasteiger partial charge in [-0.3, -0.25) is 11.3 Å². The fraction of sp³-hybridized carbons (Fsp3) is 0.600. The Labute approximate surface area is 122 Å². The highest BCUT2D eigenvalue weighted by Gasteiger charge is 2.27. The molecular formula is C15H21F3N2O. The van der Waals surface area contributed by atoms with Crippen LogP contribution < -0.4 is 11.3 Å². The zero-order valence-electron chi connectivity index (χ0n) is 11.9. The number of ether oxygens (including phenoxy) is 1. The molecule has 3 nitrogen and oxygen atoms in total. The molecule has 0 aromatic heterocycles. The van der Waals surface area contributed by atoms with Crippen molar-refractivity contribution in [1.29, 1.82) is 0 Å². The summed E-state index contributed by atoms with van der Waals surface area (Å²) >= 11 is 0. The van der Waals surface area contributed by atoms with Gasteiger partial charge in [0.15, 0.2) is 0 Å². The first-order valence-electron chi connectivity index (χ1n) is 7.19. The quantitative estimate of drug-likeness (QED) is 0.462. The van der Waals surface area contributed by atoms with Gasteiger partial charge in [-0.1, -0.05) is 18.2 Å². The number of rotatable bonds is 7. The molecule has 0 amide bonds. The monoisotopic (exact) mass is 302 g/mol. The van der Waals surface area contributed by atoms with Crippen LogP contribution in [0.5, 0.6) is 0 Å². The van der Waals surface area contributed by atoms with E-state index in [1.165, 1.54) is 17.5 Å². The highest BCUT2D eigenvalue weighted by atomic mass is 19.4. The van der Waals surface area contributed by atoms with Crippen molar-refractivity contribution >= 4 is 0 Å². The molecule has 1 atom stereocenters. The lowest BCUT2D eigenvalue weighted by molar-refractivity contribution is -0.174. The number of hydrazine groups is 1. The molecule has 0 saturated heterocycles. The van der Waals surface area contributed by atoms with Crippen molar-refractivity contribution in [2.75, 3.05) is 13.2 Å². The second kappa shape index (κ2) is 7.24. The number of halogens is 3. The van der Waals surface area contributed by atoms with E-state index < -0.39 is 12.8 Å². The lowest BCUT2D eigenvalue weighted by atomic mass is 10.00. The summed E-state index contributed by atoms with van der Waals surface area (Å²) in [6.07, 6.45) is 0.315. The molecular weight excluding hydrogens is 281 g/mol. The first-order valence-corrected chi connectivity index (χ1v) is 7.19. The number of nitrogens with one attached hydrogen (secondary N) is 1. The number of nitrogens with two attached hydrogens (primary N) is 1. The summed E-state index contributed by atoms with van der Waals surface area (Å²) < 4.78 is 40.5. The van der Waals surface area contributed by atoms with Crippen LogP contribution >= 0.6 is 0 Å². The first kappa shape index (κ1) is 16.3. The van der Waals surface area contributed by atoms with Gasteiger partial charge in [0, 0.05) is 12.6 Å². The summed E-state index contributed by atoms with van der Waals surface area (Å²) in [6, 6.07) is 6.32. The maximum Gasteiger partial charge on any atom is 0.411 e. The minimum atomic E-state index is -4.27. The molecule has 1 aliphatic rings. The molecule has 2 rings (SSSR count). The Morgan fingerprint density at radius 1 is 1.24 bits per heavy atom. The van der Waals surface area contributed by atoms with Crippen molar-refractivity contribution in [3.8, 4) is 0 Å². The van der Waals surface area contributed by atoms with Crippen molar-refractivity contribution in [1.82, 2.24) is 5.43 Å². The molecule has 0 spiro atoms. The number of hydrogen-bond acceptors (Lipinski definition) is 3. The lowest BCUT2D eigenvalue weighted by Crippen LogP contribution is -2.38. The Balaban J connectivity index is 1.79. The van der Waals surface area contributed by atoms with E-state index in [0.29, 0.717) is 12.8 Å². The molecule has 0 radical (unpaired) electrons. The zero-order chi connectivity index (χ0) is 15.3. The third-order valence-electron chi connectivity index (χ3n) is 3.76. The zero-order valence-corrected chi connectivity index (χ0v) is 11.9. The van der Waals surface area contributed by atoms with Gasteiger partial charge in [0.25, 0.3) is 0 Å².